The molecule has 1 aromatic carbocycles. The minimum atomic E-state index is -0.361. The second kappa shape index (κ2) is 8.03. The van der Waals surface area contributed by atoms with Gasteiger partial charge in [0.2, 0.25) is 5.91 Å². The first-order valence-corrected chi connectivity index (χ1v) is 9.48. The number of nitro benzene ring substituents is 1. The van der Waals surface area contributed by atoms with Gasteiger partial charge in [-0.15, -0.1) is 0 Å². The smallest absolute Gasteiger partial charge is 0.271 e. The van der Waals surface area contributed by atoms with Crippen LogP contribution < -0.4 is 4.90 Å². The number of piperazine rings is 1. The Balaban J connectivity index is 1.55. The lowest BCUT2D eigenvalue weighted by Crippen LogP contribution is -2.55. The average Bonchev–Trinajstić information content (AvgIpc) is 2.67. The second-order valence-electron chi connectivity index (χ2n) is 7.48. The molecule has 2 saturated heterocycles. The summed E-state index contributed by atoms with van der Waals surface area (Å²) in [5.74, 6) is 0.952. The summed E-state index contributed by atoms with van der Waals surface area (Å²) in [6.45, 7) is 9.13. The molecular weight excluding hydrogens is 332 g/mol. The number of hydrogen-bond acceptors (Lipinski definition) is 5. The van der Waals surface area contributed by atoms with Crippen LogP contribution in [0, 0.1) is 16.0 Å². The Labute approximate surface area is 154 Å². The lowest BCUT2D eigenvalue weighted by molar-refractivity contribution is -0.384. The summed E-state index contributed by atoms with van der Waals surface area (Å²) < 4.78 is 0. The Kier molecular flexibility index (Phi) is 5.76. The van der Waals surface area contributed by atoms with Crippen molar-refractivity contribution in [2.24, 2.45) is 5.92 Å². The number of piperidine rings is 1. The van der Waals surface area contributed by atoms with E-state index in [0.29, 0.717) is 5.92 Å². The summed E-state index contributed by atoms with van der Waals surface area (Å²) >= 11 is 0. The zero-order chi connectivity index (χ0) is 18.7. The van der Waals surface area contributed by atoms with E-state index >= 15 is 0 Å². The Hall–Kier alpha value is -2.15. The van der Waals surface area contributed by atoms with Crippen LogP contribution in [0.15, 0.2) is 24.3 Å². The lowest BCUT2D eigenvalue weighted by Gasteiger charge is -2.40. The highest BCUT2D eigenvalue weighted by atomic mass is 16.6. The Bertz CT molecular complexity index is 650. The minimum Gasteiger partial charge on any atom is -0.369 e. The molecular formula is C19H28N4O3. The van der Waals surface area contributed by atoms with Crippen molar-refractivity contribution >= 4 is 17.3 Å². The molecule has 0 radical (unpaired) electrons. The summed E-state index contributed by atoms with van der Waals surface area (Å²) in [4.78, 5) is 29.8. The van der Waals surface area contributed by atoms with E-state index in [2.05, 4.69) is 16.7 Å². The third-order valence-corrected chi connectivity index (χ3v) is 5.72. The molecule has 0 spiro atoms. The van der Waals surface area contributed by atoms with Crippen molar-refractivity contribution in [3.63, 3.8) is 0 Å². The molecule has 0 aliphatic carbocycles. The van der Waals surface area contributed by atoms with Gasteiger partial charge in [-0.05, 0) is 31.7 Å². The fourth-order valence-corrected chi connectivity index (χ4v) is 3.82. The van der Waals surface area contributed by atoms with Crippen LogP contribution in [-0.2, 0) is 4.79 Å². The molecule has 0 N–H and O–H groups in total. The molecule has 0 saturated carbocycles. The van der Waals surface area contributed by atoms with Crippen LogP contribution >= 0.6 is 0 Å². The second-order valence-corrected chi connectivity index (χ2v) is 7.48. The van der Waals surface area contributed by atoms with Gasteiger partial charge in [-0.2, -0.15) is 0 Å². The Morgan fingerprint density at radius 1 is 1.15 bits per heavy atom. The third kappa shape index (κ3) is 4.15. The Morgan fingerprint density at radius 2 is 1.81 bits per heavy atom. The van der Waals surface area contributed by atoms with E-state index in [9.17, 15) is 14.9 Å². The van der Waals surface area contributed by atoms with Crippen molar-refractivity contribution in [2.45, 2.75) is 32.7 Å². The van der Waals surface area contributed by atoms with Crippen LogP contribution in [-0.4, -0.2) is 65.9 Å². The Morgan fingerprint density at radius 3 is 2.42 bits per heavy atom. The van der Waals surface area contributed by atoms with Gasteiger partial charge in [0.15, 0.2) is 0 Å². The quantitative estimate of drug-likeness (QED) is 0.609. The summed E-state index contributed by atoms with van der Waals surface area (Å²) in [5.41, 5.74) is 0.996. The monoisotopic (exact) mass is 360 g/mol. The van der Waals surface area contributed by atoms with Gasteiger partial charge < -0.3 is 9.80 Å². The van der Waals surface area contributed by atoms with Gasteiger partial charge >= 0.3 is 0 Å². The van der Waals surface area contributed by atoms with Crippen molar-refractivity contribution in [3.8, 4) is 0 Å². The van der Waals surface area contributed by atoms with Crippen molar-refractivity contribution in [1.82, 2.24) is 9.80 Å². The number of likely N-dealkylation sites (tertiary alicyclic amines) is 1. The molecule has 2 aliphatic rings. The minimum absolute atomic E-state index is 0.101. The molecule has 3 rings (SSSR count). The first kappa shape index (κ1) is 18.6. The largest absolute Gasteiger partial charge is 0.369 e. The number of nitro groups is 1. The van der Waals surface area contributed by atoms with Crippen molar-refractivity contribution in [3.05, 3.63) is 34.4 Å². The molecule has 0 aromatic heterocycles. The molecule has 1 atom stereocenters. The number of non-ortho nitro benzene ring substituents is 1. The number of hydrogen-bond donors (Lipinski definition) is 0. The highest BCUT2D eigenvalue weighted by molar-refractivity contribution is 5.81. The SMILES string of the molecule is CC1CCN(C(=O)C(C)N2CCN(c3cccc([N+](=O)[O-])c3)CC2)CC1. The normalized spacial score (nSPS) is 20.8. The van der Waals surface area contributed by atoms with Gasteiger partial charge in [0, 0.05) is 57.1 Å². The maximum absolute atomic E-state index is 12.8. The van der Waals surface area contributed by atoms with Gasteiger partial charge in [-0.1, -0.05) is 13.0 Å². The summed E-state index contributed by atoms with van der Waals surface area (Å²) in [6, 6.07) is 6.67. The number of carbonyl (C=O) groups is 1. The summed E-state index contributed by atoms with van der Waals surface area (Å²) in [5, 5.41) is 11.0. The molecule has 7 heteroatoms. The maximum atomic E-state index is 12.8. The lowest BCUT2D eigenvalue weighted by atomic mass is 9.98. The van der Waals surface area contributed by atoms with Gasteiger partial charge in [0.25, 0.3) is 5.69 Å². The molecule has 7 nitrogen and oxygen atoms in total. The highest BCUT2D eigenvalue weighted by Gasteiger charge is 2.30. The number of amides is 1. The molecule has 2 fully saturated rings. The van der Waals surface area contributed by atoms with E-state index in [-0.39, 0.29) is 22.6 Å². The van der Waals surface area contributed by atoms with Crippen LogP contribution in [0.4, 0.5) is 11.4 Å². The molecule has 0 bridgehead atoms. The van der Waals surface area contributed by atoms with Crippen LogP contribution in [0.25, 0.3) is 0 Å². The number of benzene rings is 1. The van der Waals surface area contributed by atoms with Crippen LogP contribution in [0.3, 0.4) is 0 Å². The topological polar surface area (TPSA) is 69.9 Å². The molecule has 2 heterocycles. The molecule has 142 valence electrons. The van der Waals surface area contributed by atoms with Crippen LogP contribution in [0.2, 0.25) is 0 Å². The van der Waals surface area contributed by atoms with Crippen molar-refractivity contribution in [1.29, 1.82) is 0 Å². The highest BCUT2D eigenvalue weighted by Crippen LogP contribution is 2.23. The number of nitrogens with zero attached hydrogens (tertiary/aromatic N) is 4. The van der Waals surface area contributed by atoms with Crippen molar-refractivity contribution < 1.29 is 9.72 Å². The zero-order valence-electron chi connectivity index (χ0n) is 15.6. The van der Waals surface area contributed by atoms with Gasteiger partial charge in [-0.25, -0.2) is 0 Å². The molecule has 1 amide bonds. The van der Waals surface area contributed by atoms with Crippen LogP contribution in [0.5, 0.6) is 0 Å². The zero-order valence-corrected chi connectivity index (χ0v) is 15.6. The predicted molar refractivity (Wildman–Crippen MR) is 101 cm³/mol. The first-order valence-electron chi connectivity index (χ1n) is 9.48. The van der Waals surface area contributed by atoms with Crippen molar-refractivity contribution in [2.75, 3.05) is 44.2 Å². The summed E-state index contributed by atoms with van der Waals surface area (Å²) in [6.07, 6.45) is 2.19. The summed E-state index contributed by atoms with van der Waals surface area (Å²) in [7, 11) is 0. The maximum Gasteiger partial charge on any atom is 0.271 e. The number of rotatable bonds is 4. The number of anilines is 1. The van der Waals surface area contributed by atoms with E-state index in [0.717, 1.165) is 57.8 Å². The van der Waals surface area contributed by atoms with Gasteiger partial charge in [0.1, 0.15) is 0 Å². The van der Waals surface area contributed by atoms with E-state index in [1.54, 1.807) is 12.1 Å². The fraction of sp³-hybridized carbons (Fsp3) is 0.632. The first-order chi connectivity index (χ1) is 12.5. The molecule has 2 aliphatic heterocycles. The average molecular weight is 360 g/mol. The third-order valence-electron chi connectivity index (χ3n) is 5.72. The van der Waals surface area contributed by atoms with E-state index < -0.39 is 0 Å². The molecule has 1 aromatic rings. The van der Waals surface area contributed by atoms with E-state index in [1.165, 1.54) is 6.07 Å². The van der Waals surface area contributed by atoms with E-state index in [4.69, 9.17) is 0 Å². The van der Waals surface area contributed by atoms with Gasteiger partial charge in [0.05, 0.1) is 11.0 Å². The van der Waals surface area contributed by atoms with E-state index in [1.807, 2.05) is 17.9 Å². The fourth-order valence-electron chi connectivity index (χ4n) is 3.82. The predicted octanol–water partition coefficient (Wildman–Crippen LogP) is 2.36. The molecule has 26 heavy (non-hydrogen) atoms. The standard InChI is InChI=1S/C19H28N4O3/c1-15-6-8-22(9-7-15)19(24)16(2)20-10-12-21(13-11-20)17-4-3-5-18(14-17)23(25)26/h3-5,14-16H,6-13H2,1-2H3. The molecule has 1 unspecified atom stereocenters. The van der Waals surface area contributed by atoms with Crippen LogP contribution in [0.1, 0.15) is 26.7 Å². The van der Waals surface area contributed by atoms with Gasteiger partial charge in [-0.3, -0.25) is 19.8 Å². The number of carbonyl (C=O) groups excluding carboxylic acids is 1.